The molecule has 2 fully saturated rings. The van der Waals surface area contributed by atoms with Crippen LogP contribution in [-0.4, -0.2) is 12.6 Å². The quantitative estimate of drug-likeness (QED) is 0.784. The van der Waals surface area contributed by atoms with E-state index in [1.807, 2.05) is 0 Å². The van der Waals surface area contributed by atoms with Crippen LogP contribution < -0.4 is 10.6 Å². The van der Waals surface area contributed by atoms with Crippen molar-refractivity contribution in [3.8, 4) is 0 Å². The molecule has 2 heteroatoms. The molecule has 0 bridgehead atoms. The van der Waals surface area contributed by atoms with Gasteiger partial charge < -0.3 is 10.6 Å². The number of nitrogens with zero attached hydrogens (tertiary/aromatic N) is 1. The molecule has 2 aliphatic rings. The highest BCUT2D eigenvalue weighted by Gasteiger charge is 2.34. The van der Waals surface area contributed by atoms with Crippen molar-refractivity contribution in [2.75, 3.05) is 17.2 Å². The first-order valence-electron chi connectivity index (χ1n) is 6.37. The van der Waals surface area contributed by atoms with Gasteiger partial charge >= 0.3 is 0 Å². The van der Waals surface area contributed by atoms with E-state index in [4.69, 9.17) is 5.73 Å². The zero-order valence-corrected chi connectivity index (χ0v) is 9.95. The fourth-order valence-electron chi connectivity index (χ4n) is 2.34. The monoisotopic (exact) mass is 216 g/mol. The second-order valence-electron chi connectivity index (χ2n) is 5.39. The van der Waals surface area contributed by atoms with E-state index in [1.54, 1.807) is 0 Å². The molecule has 0 saturated heterocycles. The van der Waals surface area contributed by atoms with Crippen LogP contribution in [0.4, 0.5) is 11.4 Å². The Morgan fingerprint density at radius 1 is 1.25 bits per heavy atom. The maximum atomic E-state index is 6.14. The van der Waals surface area contributed by atoms with Gasteiger partial charge in [0.1, 0.15) is 0 Å². The van der Waals surface area contributed by atoms with Gasteiger partial charge in [-0.1, -0.05) is 6.07 Å². The second-order valence-corrected chi connectivity index (χ2v) is 5.39. The first-order valence-corrected chi connectivity index (χ1v) is 6.37. The van der Waals surface area contributed by atoms with Crippen molar-refractivity contribution < 1.29 is 0 Å². The van der Waals surface area contributed by atoms with E-state index in [9.17, 15) is 0 Å². The summed E-state index contributed by atoms with van der Waals surface area (Å²) in [5.41, 5.74) is 9.61. The Bertz CT molecular complexity index is 392. The number of nitrogens with two attached hydrogens (primary N) is 1. The fraction of sp³-hybridized carbons (Fsp3) is 0.571. The van der Waals surface area contributed by atoms with Gasteiger partial charge in [-0.25, -0.2) is 0 Å². The first-order chi connectivity index (χ1) is 7.74. The number of hydrogen-bond donors (Lipinski definition) is 1. The Hall–Kier alpha value is -1.18. The summed E-state index contributed by atoms with van der Waals surface area (Å²) in [7, 11) is 0. The maximum absolute atomic E-state index is 6.14. The standard InChI is InChI=1S/C14H20N2/c1-10-2-7-14(13(15)8-10)16(12-5-6-12)9-11-3-4-11/h2,7-8,11-12H,3-6,9,15H2,1H3. The number of nitrogen functional groups attached to an aromatic ring is 1. The van der Waals surface area contributed by atoms with Crippen LogP contribution in [0.1, 0.15) is 31.2 Å². The second kappa shape index (κ2) is 3.69. The zero-order valence-electron chi connectivity index (χ0n) is 9.95. The van der Waals surface area contributed by atoms with Crippen molar-refractivity contribution in [2.24, 2.45) is 5.92 Å². The molecule has 0 spiro atoms. The van der Waals surface area contributed by atoms with Crippen LogP contribution in [0.2, 0.25) is 0 Å². The molecule has 16 heavy (non-hydrogen) atoms. The molecule has 0 radical (unpaired) electrons. The summed E-state index contributed by atoms with van der Waals surface area (Å²) >= 11 is 0. The largest absolute Gasteiger partial charge is 0.397 e. The van der Waals surface area contributed by atoms with Gasteiger partial charge in [-0.2, -0.15) is 0 Å². The van der Waals surface area contributed by atoms with E-state index in [0.717, 1.165) is 17.6 Å². The molecule has 0 aromatic heterocycles. The SMILES string of the molecule is Cc1ccc(N(CC2CC2)C2CC2)c(N)c1. The molecule has 0 heterocycles. The third-order valence-electron chi connectivity index (χ3n) is 3.63. The topological polar surface area (TPSA) is 29.3 Å². The maximum Gasteiger partial charge on any atom is 0.0602 e. The van der Waals surface area contributed by atoms with Crippen LogP contribution in [0.25, 0.3) is 0 Å². The van der Waals surface area contributed by atoms with Gasteiger partial charge in [-0.05, 0) is 56.2 Å². The van der Waals surface area contributed by atoms with Gasteiger partial charge in [0, 0.05) is 12.6 Å². The minimum atomic E-state index is 0.769. The van der Waals surface area contributed by atoms with Gasteiger partial charge in [0.15, 0.2) is 0 Å². The Morgan fingerprint density at radius 2 is 2.00 bits per heavy atom. The Kier molecular flexibility index (Phi) is 2.31. The van der Waals surface area contributed by atoms with Gasteiger partial charge in [-0.3, -0.25) is 0 Å². The average Bonchev–Trinajstić information content (AvgIpc) is 3.11. The highest BCUT2D eigenvalue weighted by atomic mass is 15.2. The molecule has 2 aliphatic carbocycles. The minimum absolute atomic E-state index is 0.769. The molecule has 3 rings (SSSR count). The lowest BCUT2D eigenvalue weighted by Gasteiger charge is -2.26. The summed E-state index contributed by atoms with van der Waals surface area (Å²) in [6, 6.07) is 7.24. The van der Waals surface area contributed by atoms with E-state index in [-0.39, 0.29) is 0 Å². The molecule has 0 aliphatic heterocycles. The van der Waals surface area contributed by atoms with Crippen LogP contribution in [0.15, 0.2) is 18.2 Å². The van der Waals surface area contributed by atoms with E-state index < -0.39 is 0 Å². The predicted molar refractivity (Wildman–Crippen MR) is 68.7 cm³/mol. The predicted octanol–water partition coefficient (Wildman–Crippen LogP) is 2.96. The van der Waals surface area contributed by atoms with Crippen LogP contribution >= 0.6 is 0 Å². The average molecular weight is 216 g/mol. The summed E-state index contributed by atoms with van der Waals surface area (Å²) in [6.45, 7) is 3.32. The highest BCUT2D eigenvalue weighted by Crippen LogP contribution is 2.39. The van der Waals surface area contributed by atoms with Crippen molar-refractivity contribution in [3.05, 3.63) is 23.8 Å². The Morgan fingerprint density at radius 3 is 2.56 bits per heavy atom. The van der Waals surface area contributed by atoms with E-state index in [0.29, 0.717) is 0 Å². The van der Waals surface area contributed by atoms with E-state index in [2.05, 4.69) is 30.0 Å². The van der Waals surface area contributed by atoms with Crippen molar-refractivity contribution in [1.29, 1.82) is 0 Å². The molecule has 1 aromatic rings. The minimum Gasteiger partial charge on any atom is -0.397 e. The van der Waals surface area contributed by atoms with E-state index in [1.165, 1.54) is 43.5 Å². The van der Waals surface area contributed by atoms with Gasteiger partial charge in [0.2, 0.25) is 0 Å². The Labute approximate surface area is 97.4 Å². The van der Waals surface area contributed by atoms with Gasteiger partial charge in [0.05, 0.1) is 11.4 Å². The zero-order chi connectivity index (χ0) is 11.1. The third-order valence-corrected chi connectivity index (χ3v) is 3.63. The molecule has 2 saturated carbocycles. The summed E-state index contributed by atoms with van der Waals surface area (Å²) in [6.07, 6.45) is 5.52. The first kappa shape index (κ1) is 10.0. The molecule has 2 N–H and O–H groups in total. The van der Waals surface area contributed by atoms with Gasteiger partial charge in [0.25, 0.3) is 0 Å². The number of anilines is 2. The summed E-state index contributed by atoms with van der Waals surface area (Å²) in [4.78, 5) is 2.55. The lowest BCUT2D eigenvalue weighted by molar-refractivity contribution is 0.720. The van der Waals surface area contributed by atoms with Crippen molar-refractivity contribution in [3.63, 3.8) is 0 Å². The number of rotatable bonds is 4. The lowest BCUT2D eigenvalue weighted by atomic mass is 10.1. The van der Waals surface area contributed by atoms with Crippen LogP contribution in [-0.2, 0) is 0 Å². The van der Waals surface area contributed by atoms with Crippen molar-refractivity contribution in [2.45, 2.75) is 38.6 Å². The summed E-state index contributed by atoms with van der Waals surface area (Å²) < 4.78 is 0. The van der Waals surface area contributed by atoms with Crippen molar-refractivity contribution in [1.82, 2.24) is 0 Å². The van der Waals surface area contributed by atoms with Crippen LogP contribution in [0.5, 0.6) is 0 Å². The number of hydrogen-bond acceptors (Lipinski definition) is 2. The lowest BCUT2D eigenvalue weighted by Crippen LogP contribution is -2.28. The molecule has 2 nitrogen and oxygen atoms in total. The molecule has 0 atom stereocenters. The molecular weight excluding hydrogens is 196 g/mol. The molecule has 0 amide bonds. The smallest absolute Gasteiger partial charge is 0.0602 e. The summed E-state index contributed by atoms with van der Waals surface area (Å²) in [5.74, 6) is 0.932. The van der Waals surface area contributed by atoms with Crippen molar-refractivity contribution >= 4 is 11.4 Å². The normalized spacial score (nSPS) is 19.8. The molecule has 86 valence electrons. The number of benzene rings is 1. The van der Waals surface area contributed by atoms with Gasteiger partial charge in [-0.15, -0.1) is 0 Å². The highest BCUT2D eigenvalue weighted by molar-refractivity contribution is 5.69. The molecular formula is C14H20N2. The third kappa shape index (κ3) is 2.01. The van der Waals surface area contributed by atoms with E-state index >= 15 is 0 Å². The fourth-order valence-corrected chi connectivity index (χ4v) is 2.34. The summed E-state index contributed by atoms with van der Waals surface area (Å²) in [5, 5.41) is 0. The number of aryl methyl sites for hydroxylation is 1. The Balaban J connectivity index is 1.85. The molecule has 1 aromatic carbocycles. The van der Waals surface area contributed by atoms with Crippen LogP contribution in [0.3, 0.4) is 0 Å². The van der Waals surface area contributed by atoms with Crippen LogP contribution in [0, 0.1) is 12.8 Å². The molecule has 0 unspecified atom stereocenters.